The Labute approximate surface area is 102 Å². The molecule has 1 aliphatic rings. The van der Waals surface area contributed by atoms with Crippen LogP contribution in [0.15, 0.2) is 6.20 Å². The first-order chi connectivity index (χ1) is 7.81. The molecule has 1 heterocycles. The van der Waals surface area contributed by atoms with Crippen molar-refractivity contribution in [1.82, 2.24) is 9.78 Å². The molecule has 0 N–H and O–H groups in total. The summed E-state index contributed by atoms with van der Waals surface area (Å²) in [5.74, 6) is 0. The van der Waals surface area contributed by atoms with Gasteiger partial charge in [-0.3, -0.25) is 4.68 Å². The third kappa shape index (κ3) is 2.77. The highest BCUT2D eigenvalue weighted by Crippen LogP contribution is 2.30. The summed E-state index contributed by atoms with van der Waals surface area (Å²) in [6, 6.07) is 0.553. The Morgan fingerprint density at radius 1 is 1.50 bits per heavy atom. The molecule has 4 heteroatoms. The fourth-order valence-electron chi connectivity index (χ4n) is 2.17. The van der Waals surface area contributed by atoms with Gasteiger partial charge in [-0.15, -0.1) is 0 Å². The second-order valence-corrected chi connectivity index (χ2v) is 4.80. The Balaban J connectivity index is 1.97. The lowest BCUT2D eigenvalue weighted by Gasteiger charge is -2.08. The van der Waals surface area contributed by atoms with Crippen LogP contribution in [0.25, 0.3) is 0 Å². The van der Waals surface area contributed by atoms with Gasteiger partial charge in [0.2, 0.25) is 0 Å². The minimum atomic E-state index is 0.534. The lowest BCUT2D eigenvalue weighted by Crippen LogP contribution is -2.06. The van der Waals surface area contributed by atoms with Crippen LogP contribution in [-0.4, -0.2) is 16.4 Å². The van der Waals surface area contributed by atoms with Crippen molar-refractivity contribution >= 4 is 11.6 Å². The smallest absolute Gasteiger partial charge is 0.107 e. The first kappa shape index (κ1) is 11.9. The summed E-state index contributed by atoms with van der Waals surface area (Å²) >= 11 is 6.14. The molecule has 3 nitrogen and oxygen atoms in total. The average molecular weight is 243 g/mol. The molecule has 0 aromatic carbocycles. The molecule has 0 amide bonds. The van der Waals surface area contributed by atoms with Gasteiger partial charge in [-0.05, 0) is 19.3 Å². The Bertz CT molecular complexity index is 332. The van der Waals surface area contributed by atoms with Crippen LogP contribution in [0.3, 0.4) is 0 Å². The fraction of sp³-hybridized carbons (Fsp3) is 0.750. The van der Waals surface area contributed by atoms with Crippen molar-refractivity contribution in [2.24, 2.45) is 0 Å². The minimum absolute atomic E-state index is 0.534. The van der Waals surface area contributed by atoms with Crippen LogP contribution in [0.1, 0.15) is 50.8 Å². The second kappa shape index (κ2) is 5.69. The van der Waals surface area contributed by atoms with Gasteiger partial charge in [-0.1, -0.05) is 31.4 Å². The maximum atomic E-state index is 6.14. The molecule has 1 fully saturated rings. The topological polar surface area (TPSA) is 27.1 Å². The van der Waals surface area contributed by atoms with E-state index in [0.717, 1.165) is 23.7 Å². The van der Waals surface area contributed by atoms with Gasteiger partial charge in [0.25, 0.3) is 0 Å². The van der Waals surface area contributed by atoms with Gasteiger partial charge in [-0.25, -0.2) is 0 Å². The van der Waals surface area contributed by atoms with Crippen LogP contribution < -0.4 is 0 Å². The van der Waals surface area contributed by atoms with Gasteiger partial charge in [0.15, 0.2) is 0 Å². The molecule has 90 valence electrons. The normalized spacial score (nSPS) is 17.1. The number of hydrogen-bond acceptors (Lipinski definition) is 2. The fourth-order valence-corrected chi connectivity index (χ4v) is 2.37. The zero-order chi connectivity index (χ0) is 11.4. The molecule has 2 rings (SSSR count). The van der Waals surface area contributed by atoms with Crippen LogP contribution >= 0.6 is 11.6 Å². The number of ether oxygens (including phenoxy) is 1. The monoisotopic (exact) mass is 242 g/mol. The van der Waals surface area contributed by atoms with Gasteiger partial charge >= 0.3 is 0 Å². The van der Waals surface area contributed by atoms with Crippen LogP contribution in [0.2, 0.25) is 5.02 Å². The molecular formula is C12H19ClN2O. The molecule has 0 saturated heterocycles. The maximum Gasteiger partial charge on any atom is 0.107 e. The van der Waals surface area contributed by atoms with Crippen molar-refractivity contribution in [3.05, 3.63) is 16.9 Å². The van der Waals surface area contributed by atoms with Gasteiger partial charge < -0.3 is 4.74 Å². The van der Waals surface area contributed by atoms with Gasteiger partial charge in [-0.2, -0.15) is 5.10 Å². The standard InChI is InChI=1S/C12H19ClN2O/c1-2-7-16-9-12-11(13)8-15(14-12)10-5-3-4-6-10/h8,10H,2-7,9H2,1H3. The summed E-state index contributed by atoms with van der Waals surface area (Å²) in [6.07, 6.45) is 8.05. The van der Waals surface area contributed by atoms with E-state index in [1.807, 2.05) is 10.9 Å². The van der Waals surface area contributed by atoms with E-state index in [9.17, 15) is 0 Å². The number of halogens is 1. The summed E-state index contributed by atoms with van der Waals surface area (Å²) in [4.78, 5) is 0. The van der Waals surface area contributed by atoms with Crippen molar-refractivity contribution in [1.29, 1.82) is 0 Å². The highest BCUT2D eigenvalue weighted by molar-refractivity contribution is 6.31. The van der Waals surface area contributed by atoms with E-state index >= 15 is 0 Å². The molecule has 0 spiro atoms. The molecule has 1 aliphatic carbocycles. The lowest BCUT2D eigenvalue weighted by molar-refractivity contribution is 0.118. The van der Waals surface area contributed by atoms with Crippen LogP contribution in [0.4, 0.5) is 0 Å². The Kier molecular flexibility index (Phi) is 4.24. The van der Waals surface area contributed by atoms with E-state index in [2.05, 4.69) is 12.0 Å². The molecule has 1 aromatic rings. The zero-order valence-electron chi connectivity index (χ0n) is 9.79. The van der Waals surface area contributed by atoms with Crippen molar-refractivity contribution in [2.45, 2.75) is 51.7 Å². The van der Waals surface area contributed by atoms with Gasteiger partial charge in [0.1, 0.15) is 5.69 Å². The van der Waals surface area contributed by atoms with Gasteiger partial charge in [0.05, 0.1) is 17.7 Å². The van der Waals surface area contributed by atoms with Crippen LogP contribution in [0, 0.1) is 0 Å². The first-order valence-corrected chi connectivity index (χ1v) is 6.50. The summed E-state index contributed by atoms with van der Waals surface area (Å²) in [7, 11) is 0. The highest BCUT2D eigenvalue weighted by atomic mass is 35.5. The third-order valence-corrected chi connectivity index (χ3v) is 3.36. The Morgan fingerprint density at radius 3 is 2.94 bits per heavy atom. The Morgan fingerprint density at radius 2 is 2.25 bits per heavy atom. The number of aromatic nitrogens is 2. The number of rotatable bonds is 5. The SMILES string of the molecule is CCCOCc1nn(C2CCCC2)cc1Cl. The molecule has 0 bridgehead atoms. The van der Waals surface area contributed by atoms with Crippen molar-refractivity contribution in [2.75, 3.05) is 6.61 Å². The molecule has 1 saturated carbocycles. The maximum absolute atomic E-state index is 6.14. The molecule has 1 aromatic heterocycles. The van der Waals surface area contributed by atoms with E-state index in [0.29, 0.717) is 12.6 Å². The quantitative estimate of drug-likeness (QED) is 0.738. The largest absolute Gasteiger partial charge is 0.375 e. The first-order valence-electron chi connectivity index (χ1n) is 6.12. The van der Waals surface area contributed by atoms with E-state index in [1.165, 1.54) is 25.7 Å². The van der Waals surface area contributed by atoms with E-state index in [-0.39, 0.29) is 0 Å². The Hall–Kier alpha value is -0.540. The molecule has 16 heavy (non-hydrogen) atoms. The molecule has 0 atom stereocenters. The van der Waals surface area contributed by atoms with E-state index in [1.54, 1.807) is 0 Å². The molecule has 0 unspecified atom stereocenters. The van der Waals surface area contributed by atoms with Crippen molar-refractivity contribution in [3.8, 4) is 0 Å². The van der Waals surface area contributed by atoms with E-state index < -0.39 is 0 Å². The summed E-state index contributed by atoms with van der Waals surface area (Å²) in [5, 5.41) is 5.26. The highest BCUT2D eigenvalue weighted by Gasteiger charge is 2.19. The lowest BCUT2D eigenvalue weighted by atomic mass is 10.3. The second-order valence-electron chi connectivity index (χ2n) is 4.39. The number of nitrogens with zero attached hydrogens (tertiary/aromatic N) is 2. The third-order valence-electron chi connectivity index (χ3n) is 3.04. The summed E-state index contributed by atoms with van der Waals surface area (Å²) in [6.45, 7) is 3.40. The zero-order valence-corrected chi connectivity index (χ0v) is 10.5. The molecule has 0 aliphatic heterocycles. The molecular weight excluding hydrogens is 224 g/mol. The predicted octanol–water partition coefficient (Wildman–Crippen LogP) is 3.58. The minimum Gasteiger partial charge on any atom is -0.375 e. The molecule has 0 radical (unpaired) electrons. The van der Waals surface area contributed by atoms with E-state index in [4.69, 9.17) is 16.3 Å². The van der Waals surface area contributed by atoms with Crippen molar-refractivity contribution < 1.29 is 4.74 Å². The van der Waals surface area contributed by atoms with Crippen LogP contribution in [0.5, 0.6) is 0 Å². The summed E-state index contributed by atoms with van der Waals surface area (Å²) in [5.41, 5.74) is 0.877. The average Bonchev–Trinajstić information content (AvgIpc) is 2.88. The van der Waals surface area contributed by atoms with Gasteiger partial charge in [0, 0.05) is 12.8 Å². The number of hydrogen-bond donors (Lipinski definition) is 0. The summed E-state index contributed by atoms with van der Waals surface area (Å²) < 4.78 is 7.49. The van der Waals surface area contributed by atoms with Crippen LogP contribution in [-0.2, 0) is 11.3 Å². The predicted molar refractivity (Wildman–Crippen MR) is 64.7 cm³/mol. The van der Waals surface area contributed by atoms with Crippen molar-refractivity contribution in [3.63, 3.8) is 0 Å².